The summed E-state index contributed by atoms with van der Waals surface area (Å²) in [5.74, 6) is 0.779. The van der Waals surface area contributed by atoms with Crippen LogP contribution in [0, 0.1) is 0 Å². The van der Waals surface area contributed by atoms with E-state index in [1.807, 2.05) is 48.5 Å². The third kappa shape index (κ3) is 6.69. The summed E-state index contributed by atoms with van der Waals surface area (Å²) in [5.41, 5.74) is 2.99. The standard InChI is InChI=1S/C25H25NO4S.C5H11NO.3H2/c1-30-22-11-9-20(10-12-22)25(15-2-3-16-25)24(27)26-21-6-4-5-19(17-21)18-7-13-23(14-8-18)31(28)29;7-4-5-2-1-3-6-5;;;/h4-14,17H,2-3,15-16H2,1H3,(H,26,27)(H,28,29);5-7H,1-4H2;3*1H/p-1/t;5-;;;/m.1.../s1. The molecule has 1 saturated carbocycles. The predicted octanol–water partition coefficient (Wildman–Crippen LogP) is 5.52. The van der Waals surface area contributed by atoms with E-state index in [9.17, 15) is 13.6 Å². The minimum absolute atomic E-state index is 0. The van der Waals surface area contributed by atoms with Crippen molar-refractivity contribution in [1.29, 1.82) is 0 Å². The Hall–Kier alpha value is -3.04. The zero-order valence-corrected chi connectivity index (χ0v) is 22.5. The molecule has 2 atom stereocenters. The smallest absolute Gasteiger partial charge is 0.235 e. The SMILES string of the molecule is COc1ccc(C2(C(=O)Nc3cccc(-c4ccc(S(=O)[O-])cc4)c3)CCCC2)cc1.OC[C@H]1CCCN1.[HH].[HH].[HH]. The van der Waals surface area contributed by atoms with Crippen LogP contribution in [-0.2, 0) is 21.3 Å². The van der Waals surface area contributed by atoms with Gasteiger partial charge < -0.3 is 25.0 Å². The van der Waals surface area contributed by atoms with Crippen LogP contribution in [-0.4, -0.2) is 46.1 Å². The number of benzene rings is 3. The van der Waals surface area contributed by atoms with Gasteiger partial charge >= 0.3 is 0 Å². The molecule has 0 aromatic heterocycles. The van der Waals surface area contributed by atoms with Crippen molar-refractivity contribution in [2.45, 2.75) is 54.9 Å². The number of hydrogen-bond acceptors (Lipinski definition) is 6. The number of hydrogen-bond donors (Lipinski definition) is 3. The highest BCUT2D eigenvalue weighted by Gasteiger charge is 2.42. The van der Waals surface area contributed by atoms with Crippen LogP contribution in [0.25, 0.3) is 11.1 Å². The monoisotopic (exact) mass is 541 g/mol. The molecular weight excluding hydrogens is 500 g/mol. The Kier molecular flexibility index (Phi) is 9.69. The fraction of sp³-hybridized carbons (Fsp3) is 0.367. The van der Waals surface area contributed by atoms with Gasteiger partial charge in [-0.05, 0) is 96.4 Å². The maximum atomic E-state index is 13.4. The van der Waals surface area contributed by atoms with Crippen molar-refractivity contribution in [3.05, 3.63) is 78.4 Å². The summed E-state index contributed by atoms with van der Waals surface area (Å²) >= 11 is -2.25. The Bertz CT molecular complexity index is 1230. The van der Waals surface area contributed by atoms with Gasteiger partial charge in [-0.15, -0.1) is 0 Å². The van der Waals surface area contributed by atoms with E-state index in [4.69, 9.17) is 9.84 Å². The second kappa shape index (κ2) is 13.2. The molecule has 1 heterocycles. The molecule has 5 rings (SSSR count). The molecule has 2 fully saturated rings. The number of aliphatic hydroxyl groups is 1. The van der Waals surface area contributed by atoms with Crippen molar-refractivity contribution in [3.8, 4) is 16.9 Å². The topological polar surface area (TPSA) is 111 Å². The number of rotatable bonds is 7. The van der Waals surface area contributed by atoms with Crippen molar-refractivity contribution in [2.24, 2.45) is 0 Å². The molecule has 1 aliphatic heterocycles. The lowest BCUT2D eigenvalue weighted by Gasteiger charge is -2.28. The second-order valence-electron chi connectivity index (χ2n) is 9.79. The Morgan fingerprint density at radius 2 is 1.79 bits per heavy atom. The molecule has 0 bridgehead atoms. The lowest BCUT2D eigenvalue weighted by molar-refractivity contribution is -0.121. The molecule has 1 unspecified atom stereocenters. The first-order valence-electron chi connectivity index (χ1n) is 13.1. The molecule has 208 valence electrons. The largest absolute Gasteiger partial charge is 0.768 e. The number of amides is 1. The third-order valence-electron chi connectivity index (χ3n) is 7.42. The molecule has 8 heteroatoms. The van der Waals surface area contributed by atoms with Crippen molar-refractivity contribution in [1.82, 2.24) is 5.32 Å². The molecule has 3 aromatic carbocycles. The lowest BCUT2D eigenvalue weighted by atomic mass is 9.78. The first-order valence-corrected chi connectivity index (χ1v) is 14.1. The average molecular weight is 542 g/mol. The second-order valence-corrected chi connectivity index (χ2v) is 10.7. The van der Waals surface area contributed by atoms with Gasteiger partial charge in [-0.1, -0.05) is 49.2 Å². The van der Waals surface area contributed by atoms with Gasteiger partial charge in [0.2, 0.25) is 5.91 Å². The van der Waals surface area contributed by atoms with E-state index in [2.05, 4.69) is 10.6 Å². The quantitative estimate of drug-likeness (QED) is 0.340. The molecule has 1 amide bonds. The number of nitrogens with one attached hydrogen (secondary N) is 2. The van der Waals surface area contributed by atoms with Gasteiger partial charge in [-0.25, -0.2) is 0 Å². The molecule has 38 heavy (non-hydrogen) atoms. The van der Waals surface area contributed by atoms with E-state index in [0.29, 0.717) is 12.6 Å². The van der Waals surface area contributed by atoms with Crippen LogP contribution in [0.4, 0.5) is 5.69 Å². The minimum atomic E-state index is -2.25. The van der Waals surface area contributed by atoms with E-state index >= 15 is 0 Å². The molecule has 2 aliphatic rings. The van der Waals surface area contributed by atoms with Crippen LogP contribution in [0.2, 0.25) is 0 Å². The summed E-state index contributed by atoms with van der Waals surface area (Å²) in [6.45, 7) is 1.39. The first-order chi connectivity index (χ1) is 18.4. The van der Waals surface area contributed by atoms with Gasteiger partial charge in [0.15, 0.2) is 0 Å². The van der Waals surface area contributed by atoms with E-state index < -0.39 is 16.5 Å². The molecular formula is C30H41N2O5S-. The highest BCUT2D eigenvalue weighted by atomic mass is 32.2. The fourth-order valence-corrected chi connectivity index (χ4v) is 5.59. The molecule has 3 aromatic rings. The summed E-state index contributed by atoms with van der Waals surface area (Å²) in [7, 11) is 1.63. The Morgan fingerprint density at radius 3 is 2.34 bits per heavy atom. The maximum Gasteiger partial charge on any atom is 0.235 e. The Labute approximate surface area is 231 Å². The number of methoxy groups -OCH3 is 1. The molecule has 1 saturated heterocycles. The Balaban J connectivity index is 0.000000739. The highest BCUT2D eigenvalue weighted by Crippen LogP contribution is 2.42. The number of anilines is 1. The van der Waals surface area contributed by atoms with Gasteiger partial charge in [0.1, 0.15) is 5.75 Å². The van der Waals surface area contributed by atoms with Gasteiger partial charge in [-0.2, -0.15) is 0 Å². The normalized spacial score (nSPS) is 18.8. The van der Waals surface area contributed by atoms with Crippen LogP contribution < -0.4 is 15.4 Å². The van der Waals surface area contributed by atoms with Gasteiger partial charge in [0.25, 0.3) is 0 Å². The van der Waals surface area contributed by atoms with Crippen LogP contribution >= 0.6 is 0 Å². The predicted molar refractivity (Wildman–Crippen MR) is 155 cm³/mol. The lowest BCUT2D eigenvalue weighted by Crippen LogP contribution is -2.37. The zero-order valence-electron chi connectivity index (χ0n) is 21.7. The molecule has 0 spiro atoms. The first kappa shape index (κ1) is 28.0. The molecule has 7 nitrogen and oxygen atoms in total. The third-order valence-corrected chi connectivity index (χ3v) is 8.07. The summed E-state index contributed by atoms with van der Waals surface area (Å²) in [4.78, 5) is 13.7. The van der Waals surface area contributed by atoms with Gasteiger partial charge in [0.05, 0.1) is 19.1 Å². The molecule has 1 aliphatic carbocycles. The number of carbonyl (C=O) groups is 1. The fourth-order valence-electron chi connectivity index (χ4n) is 5.23. The van der Waals surface area contributed by atoms with Crippen LogP contribution in [0.3, 0.4) is 0 Å². The van der Waals surface area contributed by atoms with Gasteiger partial charge in [0, 0.05) is 20.9 Å². The van der Waals surface area contributed by atoms with E-state index in [1.165, 1.54) is 6.42 Å². The highest BCUT2D eigenvalue weighted by molar-refractivity contribution is 7.79. The van der Waals surface area contributed by atoms with Crippen molar-refractivity contribution < 1.29 is 27.7 Å². The van der Waals surface area contributed by atoms with Crippen molar-refractivity contribution in [2.75, 3.05) is 25.6 Å². The van der Waals surface area contributed by atoms with Crippen LogP contribution in [0.5, 0.6) is 5.75 Å². The summed E-state index contributed by atoms with van der Waals surface area (Å²) in [5, 5.41) is 14.8. The van der Waals surface area contributed by atoms with Crippen LogP contribution in [0.15, 0.2) is 77.7 Å². The number of aliphatic hydroxyl groups excluding tert-OH is 1. The summed E-state index contributed by atoms with van der Waals surface area (Å²) < 4.78 is 27.4. The maximum absolute atomic E-state index is 13.4. The summed E-state index contributed by atoms with van der Waals surface area (Å²) in [6.07, 6.45) is 6.05. The van der Waals surface area contributed by atoms with E-state index in [0.717, 1.165) is 66.8 Å². The van der Waals surface area contributed by atoms with Gasteiger partial charge in [-0.3, -0.25) is 9.00 Å². The number of carbonyl (C=O) groups excluding carboxylic acids is 1. The number of ether oxygens (including phenoxy) is 1. The van der Waals surface area contributed by atoms with E-state index in [1.54, 1.807) is 31.4 Å². The molecule has 3 N–H and O–H groups in total. The minimum Gasteiger partial charge on any atom is -0.768 e. The average Bonchev–Trinajstić information content (AvgIpc) is 3.67. The van der Waals surface area contributed by atoms with Crippen molar-refractivity contribution in [3.63, 3.8) is 0 Å². The Morgan fingerprint density at radius 1 is 1.08 bits per heavy atom. The van der Waals surface area contributed by atoms with Crippen molar-refractivity contribution >= 4 is 22.7 Å². The zero-order chi connectivity index (χ0) is 27.0. The van der Waals surface area contributed by atoms with E-state index in [-0.39, 0.29) is 15.1 Å². The summed E-state index contributed by atoms with van der Waals surface area (Å²) in [6, 6.07) is 22.5. The van der Waals surface area contributed by atoms with Crippen LogP contribution in [0.1, 0.15) is 48.4 Å². The molecule has 0 radical (unpaired) electrons.